The molecular formula is C20H18N2O5S. The lowest BCUT2D eigenvalue weighted by Crippen LogP contribution is -2.24. The van der Waals surface area contributed by atoms with E-state index in [1.54, 1.807) is 0 Å². The Hall–Kier alpha value is -3.39. The van der Waals surface area contributed by atoms with E-state index in [1.165, 1.54) is 36.5 Å². The van der Waals surface area contributed by atoms with Crippen molar-refractivity contribution < 1.29 is 17.9 Å². The number of hydrogen-bond donors (Lipinski definition) is 3. The Balaban J connectivity index is 1.60. The van der Waals surface area contributed by atoms with E-state index in [1.807, 2.05) is 30.3 Å². The number of thiol groups is 1. The molecule has 0 bridgehead atoms. The van der Waals surface area contributed by atoms with Gasteiger partial charge in [0.25, 0.3) is 5.91 Å². The SMILES string of the molecule is O=C(NCc1cc(=O)c(OCc2ccccc2)c[nH]1)c1cccc([SH](=O)=O)c1. The van der Waals surface area contributed by atoms with Crippen LogP contribution in [-0.4, -0.2) is 19.3 Å². The fourth-order valence-electron chi connectivity index (χ4n) is 2.49. The lowest BCUT2D eigenvalue weighted by Gasteiger charge is -2.08. The molecule has 2 N–H and O–H groups in total. The molecule has 0 radical (unpaired) electrons. The number of ether oxygens (including phenoxy) is 1. The predicted molar refractivity (Wildman–Crippen MR) is 104 cm³/mol. The van der Waals surface area contributed by atoms with Gasteiger partial charge in [0.15, 0.2) is 16.5 Å². The summed E-state index contributed by atoms with van der Waals surface area (Å²) in [7, 11) is -2.76. The molecule has 0 saturated heterocycles. The Morgan fingerprint density at radius 2 is 1.82 bits per heavy atom. The molecule has 8 heteroatoms. The molecule has 0 unspecified atom stereocenters. The van der Waals surface area contributed by atoms with E-state index in [-0.39, 0.29) is 34.8 Å². The molecule has 3 rings (SSSR count). The summed E-state index contributed by atoms with van der Waals surface area (Å²) >= 11 is 0. The highest BCUT2D eigenvalue weighted by Crippen LogP contribution is 2.08. The van der Waals surface area contributed by atoms with Crippen LogP contribution in [0.15, 0.2) is 76.6 Å². The van der Waals surface area contributed by atoms with Crippen LogP contribution in [0.25, 0.3) is 0 Å². The Morgan fingerprint density at radius 1 is 1.04 bits per heavy atom. The van der Waals surface area contributed by atoms with Crippen LogP contribution in [0.3, 0.4) is 0 Å². The second-order valence-corrected chi connectivity index (χ2v) is 6.98. The van der Waals surface area contributed by atoms with Crippen molar-refractivity contribution in [2.75, 3.05) is 0 Å². The predicted octanol–water partition coefficient (Wildman–Crippen LogP) is 1.85. The fourth-order valence-corrected chi connectivity index (χ4v) is 2.94. The summed E-state index contributed by atoms with van der Waals surface area (Å²) in [5.41, 5.74) is 1.36. The topological polar surface area (TPSA) is 105 Å². The summed E-state index contributed by atoms with van der Waals surface area (Å²) in [4.78, 5) is 27.3. The first-order chi connectivity index (χ1) is 13.5. The molecule has 3 aromatic rings. The molecule has 144 valence electrons. The summed E-state index contributed by atoms with van der Waals surface area (Å²) in [6.45, 7) is 0.360. The minimum Gasteiger partial charge on any atom is -0.483 e. The van der Waals surface area contributed by atoms with Gasteiger partial charge in [0, 0.05) is 23.5 Å². The van der Waals surface area contributed by atoms with Gasteiger partial charge >= 0.3 is 0 Å². The molecular weight excluding hydrogens is 380 g/mol. The molecule has 2 aromatic carbocycles. The van der Waals surface area contributed by atoms with Crippen molar-refractivity contribution in [1.82, 2.24) is 10.3 Å². The van der Waals surface area contributed by atoms with Crippen LogP contribution in [-0.2, 0) is 23.9 Å². The molecule has 1 amide bonds. The Labute approximate surface area is 163 Å². The van der Waals surface area contributed by atoms with E-state index in [0.29, 0.717) is 5.69 Å². The summed E-state index contributed by atoms with van der Waals surface area (Å²) in [5.74, 6) is -0.255. The summed E-state index contributed by atoms with van der Waals surface area (Å²) in [6.07, 6.45) is 1.45. The molecule has 0 aliphatic rings. The van der Waals surface area contributed by atoms with Crippen LogP contribution in [0.4, 0.5) is 0 Å². The van der Waals surface area contributed by atoms with Crippen LogP contribution < -0.4 is 15.5 Å². The van der Waals surface area contributed by atoms with E-state index in [4.69, 9.17) is 4.74 Å². The van der Waals surface area contributed by atoms with E-state index < -0.39 is 16.6 Å². The first-order valence-electron chi connectivity index (χ1n) is 8.44. The summed E-state index contributed by atoms with van der Waals surface area (Å²) in [5, 5.41) is 2.64. The standard InChI is InChI=1S/C20H18N2O5S/c23-18-10-16(21-12-19(18)27-13-14-5-2-1-3-6-14)11-22-20(24)15-7-4-8-17(9-15)28(25)26/h1-10,12,28H,11,13H2,(H,21,23)(H,22,24). The molecule has 7 nitrogen and oxygen atoms in total. The summed E-state index contributed by atoms with van der Waals surface area (Å²) < 4.78 is 27.6. The number of H-pyrrole nitrogens is 1. The monoisotopic (exact) mass is 398 g/mol. The highest BCUT2D eigenvalue weighted by atomic mass is 32.2. The van der Waals surface area contributed by atoms with Crippen molar-refractivity contribution in [1.29, 1.82) is 0 Å². The van der Waals surface area contributed by atoms with Crippen LogP contribution in [0, 0.1) is 0 Å². The van der Waals surface area contributed by atoms with E-state index in [2.05, 4.69) is 10.3 Å². The van der Waals surface area contributed by atoms with E-state index in [0.717, 1.165) is 5.56 Å². The van der Waals surface area contributed by atoms with Gasteiger partial charge in [-0.25, -0.2) is 8.42 Å². The number of amides is 1. The molecule has 0 saturated carbocycles. The van der Waals surface area contributed by atoms with Crippen molar-refractivity contribution in [2.24, 2.45) is 0 Å². The molecule has 0 aliphatic heterocycles. The van der Waals surface area contributed by atoms with Crippen molar-refractivity contribution >= 4 is 16.6 Å². The minimum atomic E-state index is -2.76. The van der Waals surface area contributed by atoms with Crippen molar-refractivity contribution in [3.05, 3.63) is 93.9 Å². The zero-order valence-electron chi connectivity index (χ0n) is 14.8. The van der Waals surface area contributed by atoms with Crippen LogP contribution in [0.2, 0.25) is 0 Å². The second kappa shape index (κ2) is 9.01. The van der Waals surface area contributed by atoms with Gasteiger partial charge < -0.3 is 15.0 Å². The first-order valence-corrected chi connectivity index (χ1v) is 9.61. The maximum absolute atomic E-state index is 12.2. The quantitative estimate of drug-likeness (QED) is 0.527. The number of carbonyl (C=O) groups is 1. The minimum absolute atomic E-state index is 0.0657. The molecule has 0 spiro atoms. The highest BCUT2D eigenvalue weighted by Gasteiger charge is 2.08. The third kappa shape index (κ3) is 5.08. The summed E-state index contributed by atoms with van der Waals surface area (Å²) in [6, 6.07) is 16.5. The van der Waals surface area contributed by atoms with Gasteiger partial charge in [-0.1, -0.05) is 36.4 Å². The Kier molecular flexibility index (Phi) is 6.23. The van der Waals surface area contributed by atoms with E-state index >= 15 is 0 Å². The number of benzene rings is 2. The molecule has 0 aliphatic carbocycles. The number of pyridine rings is 1. The third-order valence-electron chi connectivity index (χ3n) is 3.93. The largest absolute Gasteiger partial charge is 0.483 e. The van der Waals surface area contributed by atoms with Gasteiger partial charge in [-0.05, 0) is 23.8 Å². The Bertz CT molecular complexity index is 1100. The van der Waals surface area contributed by atoms with Gasteiger partial charge in [-0.2, -0.15) is 0 Å². The zero-order chi connectivity index (χ0) is 19.9. The average Bonchev–Trinajstić information content (AvgIpc) is 2.72. The van der Waals surface area contributed by atoms with Gasteiger partial charge in [-0.3, -0.25) is 9.59 Å². The second-order valence-electron chi connectivity index (χ2n) is 5.95. The number of carbonyl (C=O) groups excluding carboxylic acids is 1. The maximum atomic E-state index is 12.2. The van der Waals surface area contributed by atoms with Crippen molar-refractivity contribution in [2.45, 2.75) is 18.0 Å². The number of aromatic nitrogens is 1. The smallest absolute Gasteiger partial charge is 0.251 e. The lowest BCUT2D eigenvalue weighted by atomic mass is 10.2. The molecule has 1 heterocycles. The molecule has 0 atom stereocenters. The van der Waals surface area contributed by atoms with Crippen LogP contribution in [0.1, 0.15) is 21.6 Å². The highest BCUT2D eigenvalue weighted by molar-refractivity contribution is 7.72. The van der Waals surface area contributed by atoms with Gasteiger partial charge in [0.1, 0.15) is 6.61 Å². The zero-order valence-corrected chi connectivity index (χ0v) is 15.6. The van der Waals surface area contributed by atoms with Gasteiger partial charge in [0.2, 0.25) is 5.43 Å². The molecule has 28 heavy (non-hydrogen) atoms. The van der Waals surface area contributed by atoms with Crippen LogP contribution >= 0.6 is 0 Å². The number of hydrogen-bond acceptors (Lipinski definition) is 5. The maximum Gasteiger partial charge on any atom is 0.251 e. The third-order valence-corrected chi connectivity index (χ3v) is 4.63. The number of nitrogens with one attached hydrogen (secondary N) is 2. The average molecular weight is 398 g/mol. The van der Waals surface area contributed by atoms with Crippen LogP contribution in [0.5, 0.6) is 5.75 Å². The van der Waals surface area contributed by atoms with E-state index in [9.17, 15) is 18.0 Å². The molecule has 0 fully saturated rings. The normalized spacial score (nSPS) is 10.6. The van der Waals surface area contributed by atoms with Crippen molar-refractivity contribution in [3.63, 3.8) is 0 Å². The lowest BCUT2D eigenvalue weighted by molar-refractivity contribution is 0.0950. The van der Waals surface area contributed by atoms with Gasteiger partial charge in [0.05, 0.1) is 11.4 Å². The van der Waals surface area contributed by atoms with Gasteiger partial charge in [-0.15, -0.1) is 0 Å². The fraction of sp³-hybridized carbons (Fsp3) is 0.100. The molecule has 1 aromatic heterocycles. The Morgan fingerprint density at radius 3 is 2.54 bits per heavy atom. The van der Waals surface area contributed by atoms with Crippen molar-refractivity contribution in [3.8, 4) is 5.75 Å². The first kappa shape index (κ1) is 19.4. The number of aromatic amines is 1. The number of rotatable bonds is 7.